The summed E-state index contributed by atoms with van der Waals surface area (Å²) in [6, 6.07) is 16.6. The SMILES string of the molecule is CCCC1CCC(c2ccc(CCc3ccc(-c4ccc(CC)cc4F)cc3)c(F)c2F)CC1. The van der Waals surface area contributed by atoms with Crippen LogP contribution >= 0.6 is 0 Å². The van der Waals surface area contributed by atoms with Crippen molar-refractivity contribution in [2.45, 2.75) is 77.6 Å². The van der Waals surface area contributed by atoms with Crippen molar-refractivity contribution >= 4 is 0 Å². The van der Waals surface area contributed by atoms with Gasteiger partial charge in [-0.25, -0.2) is 13.2 Å². The zero-order valence-corrected chi connectivity index (χ0v) is 20.3. The molecule has 1 fully saturated rings. The molecule has 3 aromatic rings. The number of halogens is 3. The molecule has 0 bridgehead atoms. The number of benzene rings is 3. The van der Waals surface area contributed by atoms with Crippen molar-refractivity contribution in [3.05, 3.63) is 94.3 Å². The van der Waals surface area contributed by atoms with Crippen LogP contribution in [0.4, 0.5) is 13.2 Å². The topological polar surface area (TPSA) is 0 Å². The molecule has 1 saturated carbocycles. The van der Waals surface area contributed by atoms with E-state index >= 15 is 0 Å². The highest BCUT2D eigenvalue weighted by Gasteiger charge is 2.26. The van der Waals surface area contributed by atoms with Gasteiger partial charge in [-0.1, -0.05) is 75.2 Å². The third-order valence-electron chi connectivity index (χ3n) is 7.57. The van der Waals surface area contributed by atoms with Crippen LogP contribution in [-0.2, 0) is 19.3 Å². The van der Waals surface area contributed by atoms with Crippen LogP contribution in [0.15, 0.2) is 54.6 Å². The first-order chi connectivity index (χ1) is 16.5. The lowest BCUT2D eigenvalue weighted by atomic mass is 9.77. The molecule has 3 aromatic carbocycles. The Balaban J connectivity index is 1.39. The van der Waals surface area contributed by atoms with Gasteiger partial charge in [-0.2, -0.15) is 0 Å². The minimum absolute atomic E-state index is 0.135. The van der Waals surface area contributed by atoms with E-state index in [0.29, 0.717) is 29.5 Å². The third kappa shape index (κ3) is 5.56. The normalized spacial score (nSPS) is 18.3. The lowest BCUT2D eigenvalue weighted by Gasteiger charge is -2.29. The van der Waals surface area contributed by atoms with Gasteiger partial charge in [0.1, 0.15) is 5.82 Å². The number of aryl methyl sites for hydroxylation is 3. The zero-order valence-electron chi connectivity index (χ0n) is 20.3. The van der Waals surface area contributed by atoms with Crippen molar-refractivity contribution in [3.8, 4) is 11.1 Å². The standard InChI is InChI=1S/C31H35F3/c1-3-5-22-6-14-25(15-7-22)28-19-17-26(30(33)31(28)34)16-10-23-8-12-24(13-9-23)27-18-11-21(4-2)20-29(27)32/h8-9,11-13,17-20,22,25H,3-7,10,14-16H2,1-2H3. The summed E-state index contributed by atoms with van der Waals surface area (Å²) >= 11 is 0. The average Bonchev–Trinajstić information content (AvgIpc) is 2.86. The summed E-state index contributed by atoms with van der Waals surface area (Å²) in [5, 5.41) is 0. The summed E-state index contributed by atoms with van der Waals surface area (Å²) in [6.07, 6.45) is 8.41. The predicted molar refractivity (Wildman–Crippen MR) is 135 cm³/mol. The van der Waals surface area contributed by atoms with Gasteiger partial charge in [-0.05, 0) is 90.7 Å². The van der Waals surface area contributed by atoms with Gasteiger partial charge in [-0.15, -0.1) is 0 Å². The molecular weight excluding hydrogens is 429 g/mol. The van der Waals surface area contributed by atoms with Crippen molar-refractivity contribution in [1.82, 2.24) is 0 Å². The van der Waals surface area contributed by atoms with Gasteiger partial charge in [0.05, 0.1) is 0 Å². The molecule has 0 amide bonds. The second-order valence-electron chi connectivity index (χ2n) is 9.81. The van der Waals surface area contributed by atoms with Crippen LogP contribution in [-0.4, -0.2) is 0 Å². The molecule has 0 spiro atoms. The van der Waals surface area contributed by atoms with Gasteiger partial charge in [0.2, 0.25) is 0 Å². The van der Waals surface area contributed by atoms with E-state index < -0.39 is 11.6 Å². The summed E-state index contributed by atoms with van der Waals surface area (Å²) in [4.78, 5) is 0. The van der Waals surface area contributed by atoms with Crippen molar-refractivity contribution in [1.29, 1.82) is 0 Å². The van der Waals surface area contributed by atoms with E-state index in [1.807, 2.05) is 49.4 Å². The molecule has 0 aliphatic heterocycles. The first-order valence-electron chi connectivity index (χ1n) is 12.8. The van der Waals surface area contributed by atoms with Crippen molar-refractivity contribution in [3.63, 3.8) is 0 Å². The first-order valence-corrected chi connectivity index (χ1v) is 12.8. The van der Waals surface area contributed by atoms with Crippen LogP contribution in [0.1, 0.15) is 80.5 Å². The Bertz CT molecular complexity index is 1090. The van der Waals surface area contributed by atoms with E-state index in [0.717, 1.165) is 54.7 Å². The zero-order chi connectivity index (χ0) is 24.1. The fraction of sp³-hybridized carbons (Fsp3) is 0.419. The van der Waals surface area contributed by atoms with Gasteiger partial charge in [0.15, 0.2) is 11.6 Å². The summed E-state index contributed by atoms with van der Waals surface area (Å²) in [5.41, 5.74) is 4.37. The quantitative estimate of drug-likeness (QED) is 0.312. The maximum atomic E-state index is 14.9. The number of hydrogen-bond acceptors (Lipinski definition) is 0. The van der Waals surface area contributed by atoms with E-state index in [1.165, 1.54) is 12.8 Å². The summed E-state index contributed by atoms with van der Waals surface area (Å²) in [5.74, 6) is -0.688. The van der Waals surface area contributed by atoms with Crippen molar-refractivity contribution in [2.75, 3.05) is 0 Å². The van der Waals surface area contributed by atoms with Gasteiger partial charge in [-0.3, -0.25) is 0 Å². The molecule has 0 atom stereocenters. The maximum absolute atomic E-state index is 14.9. The summed E-state index contributed by atoms with van der Waals surface area (Å²) in [7, 11) is 0. The number of hydrogen-bond donors (Lipinski definition) is 0. The van der Waals surface area contributed by atoms with Gasteiger partial charge in [0.25, 0.3) is 0 Å². The molecule has 0 nitrogen and oxygen atoms in total. The second-order valence-corrected chi connectivity index (χ2v) is 9.81. The fourth-order valence-corrected chi connectivity index (χ4v) is 5.43. The molecule has 1 aliphatic rings. The van der Waals surface area contributed by atoms with Crippen molar-refractivity contribution in [2.24, 2.45) is 5.92 Å². The smallest absolute Gasteiger partial charge is 0.162 e. The Labute approximate surface area is 202 Å². The van der Waals surface area contributed by atoms with E-state index in [4.69, 9.17) is 0 Å². The molecular formula is C31H35F3. The highest BCUT2D eigenvalue weighted by atomic mass is 19.2. The minimum atomic E-state index is -0.692. The highest BCUT2D eigenvalue weighted by Crippen LogP contribution is 2.39. The van der Waals surface area contributed by atoms with E-state index in [-0.39, 0.29) is 11.7 Å². The fourth-order valence-electron chi connectivity index (χ4n) is 5.43. The van der Waals surface area contributed by atoms with Gasteiger partial charge < -0.3 is 0 Å². The Morgan fingerprint density at radius 1 is 0.735 bits per heavy atom. The van der Waals surface area contributed by atoms with Gasteiger partial charge >= 0.3 is 0 Å². The number of rotatable bonds is 8. The molecule has 180 valence electrons. The minimum Gasteiger partial charge on any atom is -0.206 e. The van der Waals surface area contributed by atoms with Crippen molar-refractivity contribution < 1.29 is 13.2 Å². The average molecular weight is 465 g/mol. The Morgan fingerprint density at radius 3 is 2.09 bits per heavy atom. The summed E-state index contributed by atoms with van der Waals surface area (Å²) < 4.78 is 44.3. The molecule has 0 aromatic heterocycles. The third-order valence-corrected chi connectivity index (χ3v) is 7.57. The molecule has 0 saturated heterocycles. The van der Waals surface area contributed by atoms with E-state index in [2.05, 4.69) is 6.92 Å². The molecule has 0 N–H and O–H groups in total. The molecule has 1 aliphatic carbocycles. The van der Waals surface area contributed by atoms with Crippen LogP contribution in [0, 0.1) is 23.4 Å². The molecule has 3 heteroatoms. The molecule has 4 rings (SSSR count). The monoisotopic (exact) mass is 464 g/mol. The lowest BCUT2D eigenvalue weighted by Crippen LogP contribution is -2.15. The largest absolute Gasteiger partial charge is 0.206 e. The van der Waals surface area contributed by atoms with Crippen LogP contribution in [0.3, 0.4) is 0 Å². The Morgan fingerprint density at radius 2 is 1.44 bits per heavy atom. The Hall–Kier alpha value is -2.55. The van der Waals surface area contributed by atoms with Crippen LogP contribution in [0.5, 0.6) is 0 Å². The Kier molecular flexibility index (Phi) is 8.13. The van der Waals surface area contributed by atoms with E-state index in [1.54, 1.807) is 12.1 Å². The maximum Gasteiger partial charge on any atom is 0.162 e. The highest BCUT2D eigenvalue weighted by molar-refractivity contribution is 5.64. The van der Waals surface area contributed by atoms with Crippen LogP contribution < -0.4 is 0 Å². The lowest BCUT2D eigenvalue weighted by molar-refractivity contribution is 0.302. The second kappa shape index (κ2) is 11.3. The summed E-state index contributed by atoms with van der Waals surface area (Å²) in [6.45, 7) is 4.21. The van der Waals surface area contributed by atoms with Crippen LogP contribution in [0.25, 0.3) is 11.1 Å². The molecule has 0 radical (unpaired) electrons. The predicted octanol–water partition coefficient (Wildman–Crippen LogP) is 9.19. The first kappa shape index (κ1) is 24.6. The molecule has 0 heterocycles. The van der Waals surface area contributed by atoms with Crippen LogP contribution in [0.2, 0.25) is 0 Å². The van der Waals surface area contributed by atoms with Gasteiger partial charge in [0, 0.05) is 5.56 Å². The van der Waals surface area contributed by atoms with E-state index in [9.17, 15) is 13.2 Å². The molecule has 0 unspecified atom stereocenters. The molecule has 34 heavy (non-hydrogen) atoms.